The van der Waals surface area contributed by atoms with Crippen molar-refractivity contribution >= 4 is 11.8 Å². The first kappa shape index (κ1) is 14.5. The van der Waals surface area contributed by atoms with Crippen LogP contribution in [0.15, 0.2) is 0 Å². The first-order chi connectivity index (χ1) is 9.69. The lowest BCUT2D eigenvalue weighted by molar-refractivity contribution is -0.121. The molecule has 0 unspecified atom stereocenters. The number of aromatic amines is 1. The first-order valence-electron chi connectivity index (χ1n) is 7.18. The molecule has 1 fully saturated rings. The molecular formula is C13H21N5O2. The molecule has 1 heterocycles. The Morgan fingerprint density at radius 2 is 2.20 bits per heavy atom. The average molecular weight is 279 g/mol. The van der Waals surface area contributed by atoms with E-state index in [1.807, 2.05) is 6.92 Å². The summed E-state index contributed by atoms with van der Waals surface area (Å²) in [6, 6.07) is 0.391. The Hall–Kier alpha value is -1.92. The summed E-state index contributed by atoms with van der Waals surface area (Å²) in [6.07, 6.45) is 4.97. The molecule has 0 spiro atoms. The lowest BCUT2D eigenvalue weighted by Gasteiger charge is -2.03. The molecule has 1 aliphatic rings. The molecule has 7 heteroatoms. The Morgan fingerprint density at radius 1 is 1.40 bits per heavy atom. The zero-order chi connectivity index (χ0) is 14.4. The van der Waals surface area contributed by atoms with Crippen molar-refractivity contribution in [1.29, 1.82) is 0 Å². The first-order valence-corrected chi connectivity index (χ1v) is 7.18. The van der Waals surface area contributed by atoms with Crippen LogP contribution in [0.3, 0.4) is 0 Å². The molecule has 1 aromatic heterocycles. The van der Waals surface area contributed by atoms with Crippen molar-refractivity contribution in [1.82, 2.24) is 25.8 Å². The second-order valence-electron chi connectivity index (χ2n) is 5.06. The number of aromatic nitrogens is 3. The lowest BCUT2D eigenvalue weighted by atomic mass is 10.3. The molecule has 0 aliphatic heterocycles. The lowest BCUT2D eigenvalue weighted by Crippen LogP contribution is -2.29. The van der Waals surface area contributed by atoms with Gasteiger partial charge in [0.1, 0.15) is 5.82 Å². The van der Waals surface area contributed by atoms with Crippen LogP contribution in [0.5, 0.6) is 0 Å². The van der Waals surface area contributed by atoms with E-state index in [0.717, 1.165) is 31.5 Å². The number of H-pyrrole nitrogens is 1. The van der Waals surface area contributed by atoms with Gasteiger partial charge >= 0.3 is 0 Å². The van der Waals surface area contributed by atoms with Crippen LogP contribution in [0.25, 0.3) is 0 Å². The number of aryl methyl sites for hydroxylation is 1. The van der Waals surface area contributed by atoms with Gasteiger partial charge in [-0.05, 0) is 25.7 Å². The van der Waals surface area contributed by atoms with E-state index in [2.05, 4.69) is 25.8 Å². The molecule has 20 heavy (non-hydrogen) atoms. The summed E-state index contributed by atoms with van der Waals surface area (Å²) in [5.41, 5.74) is 0. The fourth-order valence-electron chi connectivity index (χ4n) is 1.80. The van der Waals surface area contributed by atoms with Crippen molar-refractivity contribution in [2.75, 3.05) is 6.54 Å². The van der Waals surface area contributed by atoms with Crippen molar-refractivity contribution in [3.05, 3.63) is 11.6 Å². The number of carbonyl (C=O) groups is 2. The summed E-state index contributed by atoms with van der Waals surface area (Å²) in [7, 11) is 0. The minimum Gasteiger partial charge on any atom is -0.353 e. The third-order valence-corrected chi connectivity index (χ3v) is 3.03. The van der Waals surface area contributed by atoms with Gasteiger partial charge in [0.05, 0.1) is 0 Å². The van der Waals surface area contributed by atoms with E-state index in [1.165, 1.54) is 0 Å². The Kier molecular flexibility index (Phi) is 5.09. The molecule has 0 atom stereocenters. The maximum absolute atomic E-state index is 11.7. The molecule has 7 nitrogen and oxygen atoms in total. The van der Waals surface area contributed by atoms with E-state index in [4.69, 9.17) is 0 Å². The number of nitrogens with one attached hydrogen (secondary N) is 3. The van der Waals surface area contributed by atoms with Crippen molar-refractivity contribution < 1.29 is 9.59 Å². The summed E-state index contributed by atoms with van der Waals surface area (Å²) in [4.78, 5) is 27.3. The molecule has 0 bridgehead atoms. The maximum Gasteiger partial charge on any atom is 0.290 e. The Balaban J connectivity index is 1.62. The van der Waals surface area contributed by atoms with E-state index in [1.54, 1.807) is 0 Å². The molecule has 0 radical (unpaired) electrons. The van der Waals surface area contributed by atoms with Gasteiger partial charge in [-0.25, -0.2) is 4.98 Å². The number of hydrogen-bond acceptors (Lipinski definition) is 4. The van der Waals surface area contributed by atoms with Crippen molar-refractivity contribution in [2.24, 2.45) is 0 Å². The number of carbonyl (C=O) groups excluding carboxylic acids is 2. The Morgan fingerprint density at radius 3 is 2.90 bits per heavy atom. The molecule has 1 aliphatic carbocycles. The van der Waals surface area contributed by atoms with E-state index in [0.29, 0.717) is 25.4 Å². The monoisotopic (exact) mass is 279 g/mol. The van der Waals surface area contributed by atoms with Crippen LogP contribution < -0.4 is 10.6 Å². The topological polar surface area (TPSA) is 99.8 Å². The second-order valence-corrected chi connectivity index (χ2v) is 5.06. The third kappa shape index (κ3) is 4.64. The van der Waals surface area contributed by atoms with E-state index in [9.17, 15) is 9.59 Å². The summed E-state index contributed by atoms with van der Waals surface area (Å²) < 4.78 is 0. The van der Waals surface area contributed by atoms with E-state index < -0.39 is 0 Å². The summed E-state index contributed by atoms with van der Waals surface area (Å²) in [6.45, 7) is 2.49. The quantitative estimate of drug-likeness (QED) is 0.605. The van der Waals surface area contributed by atoms with Gasteiger partial charge in [0.25, 0.3) is 5.91 Å². The standard InChI is InChI=1S/C13H21N5O2/c1-2-4-10-16-12(18-17-10)13(20)14-8-3-5-11(19)15-9-6-7-9/h9H,2-8H2,1H3,(H,14,20)(H,15,19)(H,16,17,18). The highest BCUT2D eigenvalue weighted by Crippen LogP contribution is 2.18. The number of rotatable bonds is 8. The molecule has 0 aromatic carbocycles. The van der Waals surface area contributed by atoms with Crippen LogP contribution in [0.2, 0.25) is 0 Å². The van der Waals surface area contributed by atoms with Gasteiger partial charge < -0.3 is 10.6 Å². The highest BCUT2D eigenvalue weighted by atomic mass is 16.2. The number of amides is 2. The van der Waals surface area contributed by atoms with Crippen LogP contribution in [-0.2, 0) is 11.2 Å². The molecule has 1 saturated carbocycles. The molecule has 2 amide bonds. The maximum atomic E-state index is 11.7. The number of hydrogen-bond donors (Lipinski definition) is 3. The van der Waals surface area contributed by atoms with E-state index >= 15 is 0 Å². The van der Waals surface area contributed by atoms with E-state index in [-0.39, 0.29) is 17.6 Å². The molecule has 3 N–H and O–H groups in total. The normalized spacial score (nSPS) is 14.1. The van der Waals surface area contributed by atoms with Gasteiger partial charge in [-0.3, -0.25) is 14.7 Å². The zero-order valence-corrected chi connectivity index (χ0v) is 11.7. The summed E-state index contributed by atoms with van der Waals surface area (Å²) in [5.74, 6) is 0.647. The van der Waals surface area contributed by atoms with Gasteiger partial charge in [-0.2, -0.15) is 0 Å². The SMILES string of the molecule is CCCc1nc(C(=O)NCCCC(=O)NC2CC2)n[nH]1. The average Bonchev–Trinajstić information content (AvgIpc) is 3.10. The fourth-order valence-corrected chi connectivity index (χ4v) is 1.80. The molecule has 1 aromatic rings. The van der Waals surface area contributed by atoms with Gasteiger partial charge in [-0.15, -0.1) is 5.10 Å². The highest BCUT2D eigenvalue weighted by Gasteiger charge is 2.22. The molecule has 2 rings (SSSR count). The van der Waals surface area contributed by atoms with Crippen molar-refractivity contribution in [3.8, 4) is 0 Å². The minimum atomic E-state index is -0.300. The van der Waals surface area contributed by atoms with Gasteiger partial charge in [0.2, 0.25) is 11.7 Å². The fraction of sp³-hybridized carbons (Fsp3) is 0.692. The van der Waals surface area contributed by atoms with Crippen LogP contribution >= 0.6 is 0 Å². The van der Waals surface area contributed by atoms with Crippen LogP contribution in [0.4, 0.5) is 0 Å². The van der Waals surface area contributed by atoms with Crippen molar-refractivity contribution in [3.63, 3.8) is 0 Å². The van der Waals surface area contributed by atoms with Gasteiger partial charge in [0.15, 0.2) is 0 Å². The number of nitrogens with zero attached hydrogens (tertiary/aromatic N) is 2. The molecule has 110 valence electrons. The Bertz CT molecular complexity index is 467. The second kappa shape index (κ2) is 7.02. The van der Waals surface area contributed by atoms with Gasteiger partial charge in [0, 0.05) is 25.4 Å². The predicted molar refractivity (Wildman–Crippen MR) is 73.1 cm³/mol. The molecule has 0 saturated heterocycles. The summed E-state index contributed by atoms with van der Waals surface area (Å²) >= 11 is 0. The zero-order valence-electron chi connectivity index (χ0n) is 11.7. The Labute approximate surface area is 117 Å². The summed E-state index contributed by atoms with van der Waals surface area (Å²) in [5, 5.41) is 12.2. The highest BCUT2D eigenvalue weighted by molar-refractivity contribution is 5.90. The third-order valence-electron chi connectivity index (χ3n) is 3.03. The van der Waals surface area contributed by atoms with Crippen LogP contribution in [0, 0.1) is 0 Å². The predicted octanol–water partition coefficient (Wildman–Crippen LogP) is 0.546. The van der Waals surface area contributed by atoms with Crippen LogP contribution in [0.1, 0.15) is 55.5 Å². The largest absolute Gasteiger partial charge is 0.353 e. The van der Waals surface area contributed by atoms with Gasteiger partial charge in [-0.1, -0.05) is 6.92 Å². The van der Waals surface area contributed by atoms with Crippen molar-refractivity contribution in [2.45, 2.75) is 51.5 Å². The smallest absolute Gasteiger partial charge is 0.290 e. The minimum absolute atomic E-state index is 0.0601. The van der Waals surface area contributed by atoms with Crippen LogP contribution in [-0.4, -0.2) is 39.6 Å². The molecular weight excluding hydrogens is 258 g/mol.